The molecule has 1 amide bonds. The molecule has 5 heteroatoms. The van der Waals surface area contributed by atoms with E-state index in [1.165, 1.54) is 18.2 Å². The summed E-state index contributed by atoms with van der Waals surface area (Å²) in [6.45, 7) is 2.74. The predicted molar refractivity (Wildman–Crippen MR) is 73.4 cm³/mol. The van der Waals surface area contributed by atoms with Crippen LogP contribution in [0, 0.1) is 11.7 Å². The quantitative estimate of drug-likeness (QED) is 0.841. The first-order chi connectivity index (χ1) is 8.97. The highest BCUT2D eigenvalue weighted by Gasteiger charge is 2.23. The van der Waals surface area contributed by atoms with Gasteiger partial charge in [-0.2, -0.15) is 0 Å². The number of benzene rings is 1. The van der Waals surface area contributed by atoms with Gasteiger partial charge in [-0.15, -0.1) is 0 Å². The molecule has 104 valence electrons. The second-order valence-electron chi connectivity index (χ2n) is 5.33. The van der Waals surface area contributed by atoms with Crippen molar-refractivity contribution < 1.29 is 9.18 Å². The Labute approximate surface area is 113 Å². The Hall–Kier alpha value is -1.62. The number of nitrogens with zero attached hydrogens (tertiary/aromatic N) is 2. The Morgan fingerprint density at radius 2 is 2.32 bits per heavy atom. The van der Waals surface area contributed by atoms with Crippen LogP contribution in [-0.4, -0.2) is 49.4 Å². The number of nitrogens with two attached hydrogens (primary N) is 1. The lowest BCUT2D eigenvalue weighted by Crippen LogP contribution is -2.33. The van der Waals surface area contributed by atoms with Gasteiger partial charge >= 0.3 is 0 Å². The van der Waals surface area contributed by atoms with Gasteiger partial charge in [0.25, 0.3) is 5.91 Å². The van der Waals surface area contributed by atoms with Crippen LogP contribution in [0.3, 0.4) is 0 Å². The third-order valence-corrected chi connectivity index (χ3v) is 3.61. The first-order valence-corrected chi connectivity index (χ1v) is 6.46. The number of hydrogen-bond acceptors (Lipinski definition) is 3. The summed E-state index contributed by atoms with van der Waals surface area (Å²) in [5, 5.41) is 0. The molecule has 0 spiro atoms. The van der Waals surface area contributed by atoms with Crippen LogP contribution in [0.15, 0.2) is 18.2 Å². The summed E-state index contributed by atoms with van der Waals surface area (Å²) in [6, 6.07) is 3.90. The zero-order chi connectivity index (χ0) is 14.0. The van der Waals surface area contributed by atoms with Gasteiger partial charge in [-0.3, -0.25) is 4.79 Å². The van der Waals surface area contributed by atoms with E-state index in [1.54, 1.807) is 11.9 Å². The first-order valence-electron chi connectivity index (χ1n) is 6.46. The summed E-state index contributed by atoms with van der Waals surface area (Å²) in [6.07, 6.45) is 1.09. The fraction of sp³-hybridized carbons (Fsp3) is 0.500. The zero-order valence-corrected chi connectivity index (χ0v) is 11.4. The second-order valence-corrected chi connectivity index (χ2v) is 5.33. The number of hydrogen-bond donors (Lipinski definition) is 1. The monoisotopic (exact) mass is 265 g/mol. The van der Waals surface area contributed by atoms with E-state index in [9.17, 15) is 9.18 Å². The summed E-state index contributed by atoms with van der Waals surface area (Å²) in [5.74, 6) is -0.174. The van der Waals surface area contributed by atoms with Gasteiger partial charge in [-0.05, 0) is 44.1 Å². The topological polar surface area (TPSA) is 49.6 Å². The van der Waals surface area contributed by atoms with Crippen molar-refractivity contribution >= 4 is 11.6 Å². The van der Waals surface area contributed by atoms with E-state index < -0.39 is 5.82 Å². The van der Waals surface area contributed by atoms with E-state index in [4.69, 9.17) is 5.73 Å². The average molecular weight is 265 g/mol. The van der Waals surface area contributed by atoms with E-state index in [1.807, 2.05) is 0 Å². The predicted octanol–water partition coefficient (Wildman–Crippen LogP) is 1.43. The maximum absolute atomic E-state index is 13.2. The van der Waals surface area contributed by atoms with Crippen molar-refractivity contribution in [3.05, 3.63) is 29.6 Å². The molecular formula is C14H20FN3O. The average Bonchev–Trinajstić information content (AvgIpc) is 2.77. The molecule has 0 aromatic heterocycles. The summed E-state index contributed by atoms with van der Waals surface area (Å²) < 4.78 is 13.2. The van der Waals surface area contributed by atoms with Crippen LogP contribution in [0.2, 0.25) is 0 Å². The number of nitrogen functional groups attached to an aromatic ring is 1. The highest BCUT2D eigenvalue weighted by molar-refractivity contribution is 5.98. The fourth-order valence-corrected chi connectivity index (χ4v) is 2.56. The van der Waals surface area contributed by atoms with Gasteiger partial charge < -0.3 is 15.5 Å². The minimum atomic E-state index is -0.438. The van der Waals surface area contributed by atoms with E-state index >= 15 is 0 Å². The number of amides is 1. The molecule has 1 heterocycles. The Bertz CT molecular complexity index is 478. The van der Waals surface area contributed by atoms with E-state index in [-0.39, 0.29) is 11.5 Å². The van der Waals surface area contributed by atoms with Crippen molar-refractivity contribution in [3.63, 3.8) is 0 Å². The Balaban J connectivity index is 2.04. The maximum Gasteiger partial charge on any atom is 0.255 e. The molecule has 1 fully saturated rings. The van der Waals surface area contributed by atoms with Gasteiger partial charge in [0.2, 0.25) is 0 Å². The summed E-state index contributed by atoms with van der Waals surface area (Å²) in [4.78, 5) is 16.1. The highest BCUT2D eigenvalue weighted by Crippen LogP contribution is 2.19. The Morgan fingerprint density at radius 3 is 2.95 bits per heavy atom. The van der Waals surface area contributed by atoms with Crippen molar-refractivity contribution in [1.82, 2.24) is 9.80 Å². The molecular weight excluding hydrogens is 245 g/mol. The SMILES string of the molecule is CN1CCC(CN(C)C(=O)c2cc(F)ccc2N)C1. The van der Waals surface area contributed by atoms with Crippen molar-refractivity contribution in [2.24, 2.45) is 5.92 Å². The highest BCUT2D eigenvalue weighted by atomic mass is 19.1. The Kier molecular flexibility index (Phi) is 4.04. The number of likely N-dealkylation sites (tertiary alicyclic amines) is 1. The number of halogens is 1. The van der Waals surface area contributed by atoms with E-state index in [2.05, 4.69) is 11.9 Å². The summed E-state index contributed by atoms with van der Waals surface area (Å²) >= 11 is 0. The normalized spacial score (nSPS) is 19.6. The molecule has 0 aliphatic carbocycles. The number of carbonyl (C=O) groups excluding carboxylic acids is 1. The standard InChI is InChI=1S/C14H20FN3O/c1-17-6-5-10(8-17)9-18(2)14(19)12-7-11(15)3-4-13(12)16/h3-4,7,10H,5-6,8-9,16H2,1-2H3. The second kappa shape index (κ2) is 5.57. The van der Waals surface area contributed by atoms with Gasteiger partial charge in [0, 0.05) is 25.8 Å². The third-order valence-electron chi connectivity index (χ3n) is 3.61. The summed E-state index contributed by atoms with van der Waals surface area (Å²) in [7, 11) is 3.82. The molecule has 0 saturated carbocycles. The molecule has 1 unspecified atom stereocenters. The minimum absolute atomic E-state index is 0.216. The van der Waals surface area contributed by atoms with Gasteiger partial charge in [0.1, 0.15) is 5.82 Å². The van der Waals surface area contributed by atoms with Crippen molar-refractivity contribution in [2.75, 3.05) is 39.5 Å². The summed E-state index contributed by atoms with van der Waals surface area (Å²) in [5.41, 5.74) is 6.30. The fourth-order valence-electron chi connectivity index (χ4n) is 2.56. The molecule has 1 aliphatic heterocycles. The lowest BCUT2D eigenvalue weighted by atomic mass is 10.1. The van der Waals surface area contributed by atoms with Crippen LogP contribution >= 0.6 is 0 Å². The van der Waals surface area contributed by atoms with Crippen LogP contribution in [0.1, 0.15) is 16.8 Å². The lowest BCUT2D eigenvalue weighted by molar-refractivity contribution is 0.0774. The van der Waals surface area contributed by atoms with Gasteiger partial charge in [0.15, 0.2) is 0 Å². The van der Waals surface area contributed by atoms with Gasteiger partial charge in [-0.1, -0.05) is 0 Å². The van der Waals surface area contributed by atoms with Crippen LogP contribution in [-0.2, 0) is 0 Å². The van der Waals surface area contributed by atoms with Crippen molar-refractivity contribution in [1.29, 1.82) is 0 Å². The minimum Gasteiger partial charge on any atom is -0.398 e. The molecule has 1 aromatic rings. The van der Waals surface area contributed by atoms with Crippen molar-refractivity contribution in [3.8, 4) is 0 Å². The Morgan fingerprint density at radius 1 is 1.58 bits per heavy atom. The molecule has 1 aromatic carbocycles. The van der Waals surface area contributed by atoms with E-state index in [0.29, 0.717) is 18.2 Å². The van der Waals surface area contributed by atoms with Crippen LogP contribution in [0.25, 0.3) is 0 Å². The lowest BCUT2D eigenvalue weighted by Gasteiger charge is -2.22. The third kappa shape index (κ3) is 3.23. The molecule has 1 aliphatic rings. The van der Waals surface area contributed by atoms with E-state index in [0.717, 1.165) is 19.5 Å². The molecule has 1 saturated heterocycles. The molecule has 0 bridgehead atoms. The molecule has 2 rings (SSSR count). The molecule has 1 atom stereocenters. The zero-order valence-electron chi connectivity index (χ0n) is 11.4. The first kappa shape index (κ1) is 13.8. The number of rotatable bonds is 3. The van der Waals surface area contributed by atoms with Crippen LogP contribution in [0.5, 0.6) is 0 Å². The van der Waals surface area contributed by atoms with Gasteiger partial charge in [-0.25, -0.2) is 4.39 Å². The number of anilines is 1. The molecule has 2 N–H and O–H groups in total. The maximum atomic E-state index is 13.2. The number of carbonyl (C=O) groups is 1. The van der Waals surface area contributed by atoms with Crippen LogP contribution in [0.4, 0.5) is 10.1 Å². The smallest absolute Gasteiger partial charge is 0.255 e. The van der Waals surface area contributed by atoms with Crippen molar-refractivity contribution in [2.45, 2.75) is 6.42 Å². The molecule has 0 radical (unpaired) electrons. The molecule has 19 heavy (non-hydrogen) atoms. The molecule has 4 nitrogen and oxygen atoms in total. The largest absolute Gasteiger partial charge is 0.398 e. The van der Waals surface area contributed by atoms with Gasteiger partial charge in [0.05, 0.1) is 5.56 Å². The van der Waals surface area contributed by atoms with Crippen LogP contribution < -0.4 is 5.73 Å².